The average Bonchev–Trinajstić information content (AvgIpc) is 1.74. The summed E-state index contributed by atoms with van der Waals surface area (Å²) >= 11 is 0. The van der Waals surface area contributed by atoms with E-state index >= 15 is 0 Å². The molecular formula is C102H137Au2F12N9O9P2-6. The van der Waals surface area contributed by atoms with Crippen molar-refractivity contribution in [2.75, 3.05) is 55.7 Å². The largest absolute Gasteiger partial charge is 0.393 e. The molecule has 13 rings (SSSR count). The first-order valence-corrected chi connectivity index (χ1v) is 49.9. The van der Waals surface area contributed by atoms with Crippen LogP contribution < -0.4 is 34.1 Å². The Kier molecular flexibility index (Phi) is 42.8. The van der Waals surface area contributed by atoms with Crippen molar-refractivity contribution in [3.63, 3.8) is 0 Å². The maximum absolute atomic E-state index is 11.8. The minimum Gasteiger partial charge on any atom is -0.393 e. The number of carbonyl (C=O) groups is 2. The Hall–Kier alpha value is -8.70. The molecule has 0 aromatic heterocycles. The van der Waals surface area contributed by atoms with Crippen molar-refractivity contribution in [2.24, 2.45) is 0 Å². The van der Waals surface area contributed by atoms with Crippen LogP contribution in [0.4, 0.5) is 99.8 Å². The van der Waals surface area contributed by atoms with E-state index in [1.807, 2.05) is 52.8 Å². The van der Waals surface area contributed by atoms with Crippen LogP contribution in [-0.4, -0.2) is 70.7 Å². The standard InChI is InChI=1S/2C27H37N2.C21H22N3O5.C21H29N2O3.C6H12O.2Au.2F6P/c2*1-18(2)22-11-9-12-23(19(3)4)26(22)28-15-16-29(17-28)27-24(20(5)6)13-10-14-25(27)21(7)8;1-15-12-16(2)20(17(3)13-15)23-9-8-22(14-23)10-11-28-21(25)29-19-6-4-18(5-7-19)24(26)27;1-16-13-17(2)20(18(3)14-16)23-10-9-22(15-23)11-12-25-21(24)26-19-7-5-4-6-8-19;7-6-4-2-1-3-5-6;;;2*1-7(2,3,4,5)6/h2*9-21H,1-8H3;4-9,12-14H,10-11H2,1-3H3;9-10,13-15,19H,4-8,11-12H2,1-3H3;6-7H,1-5H2;;;;/q4*-1;;;;2*-1. The van der Waals surface area contributed by atoms with Gasteiger partial charge in [0.05, 0.1) is 11.0 Å². The molecule has 0 spiro atoms. The number of ether oxygens (including phenoxy) is 4. The molecule has 0 atom stereocenters. The molecule has 2 aliphatic carbocycles. The Bertz CT molecular complexity index is 4720. The Morgan fingerprint density at radius 2 is 0.618 bits per heavy atom. The van der Waals surface area contributed by atoms with Gasteiger partial charge in [-0.25, -0.2) is 9.59 Å². The molecule has 2 fully saturated rings. The van der Waals surface area contributed by atoms with Crippen molar-refractivity contribution in [1.82, 2.24) is 9.80 Å². The van der Waals surface area contributed by atoms with Crippen LogP contribution in [0.15, 0.2) is 171 Å². The maximum atomic E-state index is 11.8. The number of hydrogen-bond acceptors (Lipinski definition) is 17. The molecule has 766 valence electrons. The third-order valence-corrected chi connectivity index (χ3v) is 22.6. The number of aliphatic hydroxyl groups excluding tert-OH is 1. The average molecular weight is 2320 g/mol. The van der Waals surface area contributed by atoms with E-state index < -0.39 is 32.9 Å². The molecule has 4 aliphatic heterocycles. The Balaban J connectivity index is 0.000000297. The van der Waals surface area contributed by atoms with Gasteiger partial charge < -0.3 is 63.3 Å². The van der Waals surface area contributed by atoms with Crippen LogP contribution >= 0.6 is 15.6 Å². The first kappa shape index (κ1) is 118. The fourth-order valence-corrected chi connectivity index (χ4v) is 16.6. The van der Waals surface area contributed by atoms with E-state index in [0.717, 1.165) is 44.2 Å². The molecule has 4 heterocycles. The van der Waals surface area contributed by atoms with Gasteiger partial charge in [0.25, 0.3) is 5.69 Å². The van der Waals surface area contributed by atoms with Gasteiger partial charge in [0.15, 0.2) is 0 Å². The number of carbonyl (C=O) groups excluding carboxylic acids is 2. The summed E-state index contributed by atoms with van der Waals surface area (Å²) in [6.07, 6.45) is 26.8. The van der Waals surface area contributed by atoms with Gasteiger partial charge in [-0.3, -0.25) is 10.1 Å². The number of rotatable bonds is 23. The van der Waals surface area contributed by atoms with E-state index in [-0.39, 0.29) is 75.0 Å². The fourth-order valence-electron chi connectivity index (χ4n) is 16.6. The number of aliphatic hydroxyl groups is 1. The minimum atomic E-state index is -10.7. The summed E-state index contributed by atoms with van der Waals surface area (Å²) in [6.45, 7) is 59.2. The summed E-state index contributed by atoms with van der Waals surface area (Å²) in [7, 11) is -21.3. The summed E-state index contributed by atoms with van der Waals surface area (Å²) in [4.78, 5) is 51.1. The molecule has 0 amide bonds. The molecule has 6 aliphatic rings. The SMILES string of the molecule is CC(C)c1cccc(C(C)C)c1N1C=CN(c2c(C(C)C)cccc2C(C)C)[CH-]1.CC(C)c1cccc(C(C)C)c1N1C=CN(c2c(C(C)C)cccc2C(C)C)[CH-]1.Cc1cc(C)c(N2C=CN(CCOC(=O)OC3CCCCC3)[CH-]2)c(C)c1.Cc1cc(C)c(N2C=CN(CCOC(=O)Oc3ccc([N+](=O)[O-])cc3)[CH-]2)c(C)c1.F[P-](F)(F)(F)(F)F.F[P-](F)(F)(F)(F)F.OC1CCCCC1.[Au].[Au]. The molecule has 34 heteroatoms. The van der Waals surface area contributed by atoms with Gasteiger partial charge >= 0.3 is 78.3 Å². The van der Waals surface area contributed by atoms with Gasteiger partial charge in [0, 0.05) is 104 Å². The molecule has 2 radical (unpaired) electrons. The van der Waals surface area contributed by atoms with E-state index in [4.69, 9.17) is 24.1 Å². The number of hydrogen-bond donors (Lipinski definition) is 1. The van der Waals surface area contributed by atoms with Crippen LogP contribution in [0.5, 0.6) is 5.75 Å². The van der Waals surface area contributed by atoms with Gasteiger partial charge in [0.1, 0.15) is 25.1 Å². The van der Waals surface area contributed by atoms with Crippen LogP contribution in [0.1, 0.15) is 300 Å². The smallest absolute Gasteiger partial charge is 0.0540 e. The second-order valence-electron chi connectivity index (χ2n) is 37.1. The van der Waals surface area contributed by atoms with Crippen LogP contribution in [-0.2, 0) is 59.0 Å². The monoisotopic (exact) mass is 2320 g/mol. The number of benzene rings is 7. The summed E-state index contributed by atoms with van der Waals surface area (Å²) in [6, 6.07) is 40.9. The van der Waals surface area contributed by atoms with E-state index in [1.54, 1.807) is 0 Å². The fraction of sp³-hybridized carbons (Fsp3) is 0.451. The quantitative estimate of drug-likeness (QED) is 0.00940. The molecular weight excluding hydrogens is 2180 g/mol. The van der Waals surface area contributed by atoms with E-state index in [9.17, 15) is 70.1 Å². The van der Waals surface area contributed by atoms with Gasteiger partial charge in [-0.2, -0.15) is 13.3 Å². The molecule has 7 aromatic carbocycles. The summed E-state index contributed by atoms with van der Waals surface area (Å²) < 4.78 is 139. The minimum absolute atomic E-state index is 0. The molecule has 0 saturated heterocycles. The summed E-state index contributed by atoms with van der Waals surface area (Å²) in [5.41, 5.74) is 26.2. The van der Waals surface area contributed by atoms with E-state index in [1.165, 1.54) is 156 Å². The van der Waals surface area contributed by atoms with Crippen molar-refractivity contribution in [3.05, 3.63) is 286 Å². The molecule has 7 aromatic rings. The number of nitro benzene ring substituents is 1. The van der Waals surface area contributed by atoms with Crippen LogP contribution in [0, 0.1) is 78.3 Å². The molecule has 18 nitrogen and oxygen atoms in total. The number of nitrogens with zero attached hydrogens (tertiary/aromatic N) is 9. The molecule has 0 unspecified atom stereocenters. The number of para-hydroxylation sites is 4. The summed E-state index contributed by atoms with van der Waals surface area (Å²) in [5, 5.41) is 19.5. The maximum Gasteiger partial charge on any atom is 0.0540 e. The second kappa shape index (κ2) is 49.4. The van der Waals surface area contributed by atoms with Crippen LogP contribution in [0.3, 0.4) is 0 Å². The van der Waals surface area contributed by atoms with Crippen LogP contribution in [0.2, 0.25) is 0 Å². The first-order valence-electron chi connectivity index (χ1n) is 45.8. The predicted molar refractivity (Wildman–Crippen MR) is 522 cm³/mol. The van der Waals surface area contributed by atoms with Gasteiger partial charge in [0.2, 0.25) is 0 Å². The Labute approximate surface area is 828 Å². The first-order chi connectivity index (χ1) is 62.1. The predicted octanol–water partition coefficient (Wildman–Crippen LogP) is 33.5. The van der Waals surface area contributed by atoms with Crippen molar-refractivity contribution >= 4 is 67.7 Å². The van der Waals surface area contributed by atoms with E-state index in [0.29, 0.717) is 67.0 Å². The second-order valence-corrected chi connectivity index (χ2v) is 40.9. The van der Waals surface area contributed by atoms with Crippen molar-refractivity contribution < 1.29 is 134 Å². The third kappa shape index (κ3) is 39.5. The van der Waals surface area contributed by atoms with Crippen molar-refractivity contribution in [1.29, 1.82) is 0 Å². The number of halogens is 12. The van der Waals surface area contributed by atoms with Gasteiger partial charge in [-0.1, -0.05) is 245 Å². The number of nitro groups is 1. The summed E-state index contributed by atoms with van der Waals surface area (Å²) in [5.74, 6) is 4.03. The zero-order valence-corrected chi connectivity index (χ0v) is 88.0. The van der Waals surface area contributed by atoms with Crippen molar-refractivity contribution in [2.45, 2.75) is 276 Å². The Morgan fingerprint density at radius 3 is 0.860 bits per heavy atom. The third-order valence-electron chi connectivity index (χ3n) is 22.6. The number of non-ortho nitro benzene ring substituents is 1. The topological polar surface area (TPSA) is 160 Å². The van der Waals surface area contributed by atoms with Crippen molar-refractivity contribution in [3.8, 4) is 5.75 Å². The zero-order chi connectivity index (χ0) is 100.0. The molecule has 0 bridgehead atoms. The number of aryl methyl sites for hydroxylation is 6. The molecule has 2 saturated carbocycles. The van der Waals surface area contributed by atoms with Gasteiger partial charge in [-0.05, 0) is 256 Å². The van der Waals surface area contributed by atoms with E-state index in [2.05, 4.69) is 312 Å². The van der Waals surface area contributed by atoms with Gasteiger partial charge in [-0.15, -0.1) is 13.3 Å². The number of anilines is 6. The van der Waals surface area contributed by atoms with Crippen LogP contribution in [0.25, 0.3) is 0 Å². The Morgan fingerprint density at radius 1 is 0.375 bits per heavy atom. The zero-order valence-electron chi connectivity index (χ0n) is 81.9. The molecule has 1 N–H and O–H groups in total. The molecule has 136 heavy (non-hydrogen) atoms. The normalized spacial score (nSPS) is 15.9.